The van der Waals surface area contributed by atoms with Crippen LogP contribution < -0.4 is 0 Å². The van der Waals surface area contributed by atoms with Crippen LogP contribution in [0.4, 0.5) is 4.39 Å². The van der Waals surface area contributed by atoms with E-state index in [0.29, 0.717) is 16.7 Å². The van der Waals surface area contributed by atoms with E-state index in [1.807, 2.05) is 0 Å². The van der Waals surface area contributed by atoms with E-state index in [9.17, 15) is 9.18 Å². The van der Waals surface area contributed by atoms with Gasteiger partial charge in [0.05, 0.1) is 0 Å². The quantitative estimate of drug-likeness (QED) is 0.515. The first-order valence-corrected chi connectivity index (χ1v) is 3.84. The standard InChI is InChI=1S/C10H10FNO/c1-6(2)9-5-12-10(11)4-8(9)7(3)13/h4-5H,1H2,2-3H3. The second kappa shape index (κ2) is 3.47. The lowest BCUT2D eigenvalue weighted by Crippen LogP contribution is -2.00. The summed E-state index contributed by atoms with van der Waals surface area (Å²) >= 11 is 0. The Morgan fingerprint density at radius 1 is 1.46 bits per heavy atom. The second-order valence-corrected chi connectivity index (χ2v) is 2.89. The highest BCUT2D eigenvalue weighted by molar-refractivity contribution is 5.98. The molecule has 2 nitrogen and oxygen atoms in total. The Morgan fingerprint density at radius 2 is 2.08 bits per heavy atom. The fourth-order valence-corrected chi connectivity index (χ4v) is 1.06. The molecule has 0 unspecified atom stereocenters. The lowest BCUT2D eigenvalue weighted by Gasteiger charge is -2.04. The monoisotopic (exact) mass is 179 g/mol. The van der Waals surface area contributed by atoms with Gasteiger partial charge in [0.25, 0.3) is 0 Å². The van der Waals surface area contributed by atoms with Gasteiger partial charge in [-0.15, -0.1) is 0 Å². The first-order chi connectivity index (χ1) is 6.02. The normalized spacial score (nSPS) is 9.77. The van der Waals surface area contributed by atoms with Crippen molar-refractivity contribution in [2.75, 3.05) is 0 Å². The minimum Gasteiger partial charge on any atom is -0.294 e. The number of aromatic nitrogens is 1. The molecule has 0 saturated carbocycles. The molecule has 0 fully saturated rings. The van der Waals surface area contributed by atoms with Gasteiger partial charge >= 0.3 is 0 Å². The van der Waals surface area contributed by atoms with Crippen LogP contribution in [-0.4, -0.2) is 10.8 Å². The number of carbonyl (C=O) groups is 1. The van der Waals surface area contributed by atoms with Gasteiger partial charge < -0.3 is 0 Å². The number of hydrogen-bond donors (Lipinski definition) is 0. The molecule has 0 atom stereocenters. The number of halogens is 1. The molecule has 0 aliphatic carbocycles. The number of ketones is 1. The van der Waals surface area contributed by atoms with Crippen molar-refractivity contribution >= 4 is 11.4 Å². The van der Waals surface area contributed by atoms with E-state index in [1.54, 1.807) is 6.92 Å². The number of carbonyl (C=O) groups excluding carboxylic acids is 1. The summed E-state index contributed by atoms with van der Waals surface area (Å²) in [6, 6.07) is 1.13. The van der Waals surface area contributed by atoms with Crippen LogP contribution in [-0.2, 0) is 0 Å². The molecule has 0 N–H and O–H groups in total. The van der Waals surface area contributed by atoms with Crippen LogP contribution in [0.2, 0.25) is 0 Å². The highest BCUT2D eigenvalue weighted by Crippen LogP contribution is 2.17. The van der Waals surface area contributed by atoms with Gasteiger partial charge in [-0.25, -0.2) is 4.98 Å². The van der Waals surface area contributed by atoms with Crippen LogP contribution in [0.25, 0.3) is 5.57 Å². The topological polar surface area (TPSA) is 30.0 Å². The molecule has 0 spiro atoms. The minimum atomic E-state index is -0.643. The zero-order chi connectivity index (χ0) is 10.0. The second-order valence-electron chi connectivity index (χ2n) is 2.89. The van der Waals surface area contributed by atoms with E-state index in [-0.39, 0.29) is 5.78 Å². The third-order valence-corrected chi connectivity index (χ3v) is 1.71. The summed E-state index contributed by atoms with van der Waals surface area (Å²) in [5, 5.41) is 0. The SMILES string of the molecule is C=C(C)c1cnc(F)cc1C(C)=O. The Kier molecular flexibility index (Phi) is 2.56. The van der Waals surface area contributed by atoms with E-state index in [1.165, 1.54) is 13.1 Å². The van der Waals surface area contributed by atoms with Crippen LogP contribution in [0, 0.1) is 5.95 Å². The molecule has 0 bridgehead atoms. The van der Waals surface area contributed by atoms with Crippen molar-refractivity contribution in [3.8, 4) is 0 Å². The zero-order valence-corrected chi connectivity index (χ0v) is 7.60. The van der Waals surface area contributed by atoms with Crippen molar-refractivity contribution in [1.29, 1.82) is 0 Å². The highest BCUT2D eigenvalue weighted by Gasteiger charge is 2.09. The Hall–Kier alpha value is -1.51. The first kappa shape index (κ1) is 9.58. The Labute approximate surface area is 76.1 Å². The van der Waals surface area contributed by atoms with Gasteiger partial charge in [-0.2, -0.15) is 4.39 Å². The van der Waals surface area contributed by atoms with Gasteiger partial charge in [-0.1, -0.05) is 6.58 Å². The van der Waals surface area contributed by atoms with Gasteiger partial charge in [-0.3, -0.25) is 4.79 Å². The summed E-state index contributed by atoms with van der Waals surface area (Å²) in [6.07, 6.45) is 1.33. The smallest absolute Gasteiger partial charge is 0.213 e. The fourth-order valence-electron chi connectivity index (χ4n) is 1.06. The van der Waals surface area contributed by atoms with Crippen LogP contribution >= 0.6 is 0 Å². The molecule has 13 heavy (non-hydrogen) atoms. The number of pyridine rings is 1. The molecule has 0 aromatic carbocycles. The van der Waals surface area contributed by atoms with E-state index in [2.05, 4.69) is 11.6 Å². The summed E-state index contributed by atoms with van der Waals surface area (Å²) < 4.78 is 12.7. The van der Waals surface area contributed by atoms with Crippen molar-refractivity contribution < 1.29 is 9.18 Å². The molecule has 3 heteroatoms. The Balaban J connectivity index is 3.35. The molecule has 0 amide bonds. The van der Waals surface area contributed by atoms with Crippen molar-refractivity contribution in [3.63, 3.8) is 0 Å². The van der Waals surface area contributed by atoms with E-state index < -0.39 is 5.95 Å². The predicted octanol–water partition coefficient (Wildman–Crippen LogP) is 2.46. The molecular weight excluding hydrogens is 169 g/mol. The van der Waals surface area contributed by atoms with Gasteiger partial charge in [-0.05, 0) is 19.4 Å². The minimum absolute atomic E-state index is 0.181. The molecule has 1 aromatic heterocycles. The zero-order valence-electron chi connectivity index (χ0n) is 7.60. The average Bonchev–Trinajstić information content (AvgIpc) is 2.03. The fraction of sp³-hybridized carbons (Fsp3) is 0.200. The lowest BCUT2D eigenvalue weighted by atomic mass is 10.0. The van der Waals surface area contributed by atoms with Crippen molar-refractivity contribution in [1.82, 2.24) is 4.98 Å². The highest BCUT2D eigenvalue weighted by atomic mass is 19.1. The van der Waals surface area contributed by atoms with Crippen LogP contribution in [0.5, 0.6) is 0 Å². The van der Waals surface area contributed by atoms with Crippen LogP contribution in [0.3, 0.4) is 0 Å². The largest absolute Gasteiger partial charge is 0.294 e. The molecule has 0 radical (unpaired) electrons. The molecule has 0 aliphatic heterocycles. The molecule has 1 heterocycles. The lowest BCUT2D eigenvalue weighted by molar-refractivity contribution is 0.101. The number of rotatable bonds is 2. The Bertz CT molecular complexity index is 371. The number of allylic oxidation sites excluding steroid dienone is 1. The van der Waals surface area contributed by atoms with Gasteiger partial charge in [0.2, 0.25) is 5.95 Å². The third kappa shape index (κ3) is 1.99. The number of hydrogen-bond acceptors (Lipinski definition) is 2. The average molecular weight is 179 g/mol. The molecule has 1 rings (SSSR count). The van der Waals surface area contributed by atoms with E-state index in [0.717, 1.165) is 6.07 Å². The van der Waals surface area contributed by atoms with Crippen molar-refractivity contribution in [2.24, 2.45) is 0 Å². The van der Waals surface area contributed by atoms with E-state index in [4.69, 9.17) is 0 Å². The molecule has 0 aliphatic rings. The first-order valence-electron chi connectivity index (χ1n) is 3.84. The summed E-state index contributed by atoms with van der Waals surface area (Å²) in [6.45, 7) is 6.82. The number of nitrogens with zero attached hydrogens (tertiary/aromatic N) is 1. The van der Waals surface area contributed by atoms with Crippen molar-refractivity contribution in [3.05, 3.63) is 35.9 Å². The summed E-state index contributed by atoms with van der Waals surface area (Å²) in [5.74, 6) is -0.825. The summed E-state index contributed by atoms with van der Waals surface area (Å²) in [5.41, 5.74) is 1.65. The maximum absolute atomic E-state index is 12.7. The van der Waals surface area contributed by atoms with Crippen LogP contribution in [0.1, 0.15) is 29.8 Å². The maximum atomic E-state index is 12.7. The van der Waals surface area contributed by atoms with E-state index >= 15 is 0 Å². The third-order valence-electron chi connectivity index (χ3n) is 1.71. The summed E-state index contributed by atoms with van der Waals surface area (Å²) in [4.78, 5) is 14.6. The van der Waals surface area contributed by atoms with Gasteiger partial charge in [0.15, 0.2) is 5.78 Å². The molecular formula is C10H10FNO. The van der Waals surface area contributed by atoms with Crippen molar-refractivity contribution in [2.45, 2.75) is 13.8 Å². The van der Waals surface area contributed by atoms with Gasteiger partial charge in [0, 0.05) is 23.4 Å². The van der Waals surface area contributed by atoms with Gasteiger partial charge in [0.1, 0.15) is 0 Å². The maximum Gasteiger partial charge on any atom is 0.213 e. The Morgan fingerprint density at radius 3 is 2.54 bits per heavy atom. The predicted molar refractivity (Wildman–Crippen MR) is 48.9 cm³/mol. The molecule has 0 saturated heterocycles. The summed E-state index contributed by atoms with van der Waals surface area (Å²) in [7, 11) is 0. The molecule has 1 aromatic rings. The number of Topliss-reactive ketones (excluding diaryl/α,β-unsaturated/α-hetero) is 1. The molecule has 68 valence electrons. The van der Waals surface area contributed by atoms with Crippen LogP contribution in [0.15, 0.2) is 18.8 Å².